The number of nitrogen functional groups attached to an aromatic ring is 2. The van der Waals surface area contributed by atoms with E-state index in [-0.39, 0.29) is 34.2 Å². The number of nitrogens with zero attached hydrogens (tertiary/aromatic N) is 6. The number of anilines is 2. The van der Waals surface area contributed by atoms with Crippen LogP contribution in [0.15, 0.2) is 22.2 Å². The molecule has 0 spiro atoms. The fourth-order valence-electron chi connectivity index (χ4n) is 5.55. The van der Waals surface area contributed by atoms with Crippen LogP contribution in [0.3, 0.4) is 0 Å². The molecule has 2 saturated heterocycles. The quantitative estimate of drug-likeness (QED) is 0.0365. The molecule has 0 amide bonds. The molecule has 6 heterocycles. The van der Waals surface area contributed by atoms with Gasteiger partial charge >= 0.3 is 21.2 Å². The molecule has 31 heteroatoms. The van der Waals surface area contributed by atoms with Crippen molar-refractivity contribution in [2.45, 2.75) is 49.1 Å². The van der Waals surface area contributed by atoms with Crippen molar-refractivity contribution >= 4 is 64.9 Å². The van der Waals surface area contributed by atoms with Crippen molar-refractivity contribution in [2.24, 2.45) is 7.05 Å². The third-order valence-electron chi connectivity index (χ3n) is 7.77. The molecule has 12 N–H and O–H groups in total. The van der Waals surface area contributed by atoms with Crippen LogP contribution >= 0.6 is 23.1 Å². The van der Waals surface area contributed by atoms with Crippen molar-refractivity contribution in [1.82, 2.24) is 34.1 Å². The number of fused-ring (bicyclic) bond motifs is 2. The predicted molar refractivity (Wildman–Crippen MR) is 170 cm³/mol. The summed E-state index contributed by atoms with van der Waals surface area (Å²) >= 11 is 0. The number of nitrogens with one attached hydrogen (secondary N) is 2. The highest BCUT2D eigenvalue weighted by Gasteiger charge is 2.50. The summed E-state index contributed by atoms with van der Waals surface area (Å²) in [5, 5.41) is 42.2. The highest BCUT2D eigenvalue weighted by molar-refractivity contribution is 7.86. The minimum atomic E-state index is -5.44. The standard InChI is InChI=1S/C21H30BN10O17P3/c1-30-5-32(15-9(30)17(38)29-21(24)27-15)19-13(36)11(34)7(47-19)3-45-52(42,43)49-50(22,39)48-51(40,41)44-2-6-10(33)12(35)18(46-6)31-4-25-8-14(31)26-20(23)28-16(8)37/h4-7,10-13,18-19,33-36H,2-3,22H2,1H3,(H7-,23,24,26,27,28,29,37,38,40,41,42,43)/p+1/t6-,7-,10-,11-,12-,13-,18-,19-,50?/m1/s1. The Morgan fingerprint density at radius 3 is 1.87 bits per heavy atom. The first-order chi connectivity index (χ1) is 24.2. The molecule has 0 aliphatic carbocycles. The highest BCUT2D eigenvalue weighted by atomic mass is 31.3. The second-order valence-electron chi connectivity index (χ2n) is 11.6. The molecule has 4 aromatic heterocycles. The zero-order valence-corrected chi connectivity index (χ0v) is 29.2. The molecule has 11 atom stereocenters. The molecule has 284 valence electrons. The number of phosphoric acid groups is 2. The maximum Gasteiger partial charge on any atom is 0.478 e. The second-order valence-corrected chi connectivity index (χ2v) is 16.8. The van der Waals surface area contributed by atoms with Crippen LogP contribution in [0.4, 0.5) is 11.9 Å². The average molecular weight is 799 g/mol. The summed E-state index contributed by atoms with van der Waals surface area (Å²) in [6.45, 7) is -1.95. The van der Waals surface area contributed by atoms with Crippen molar-refractivity contribution in [1.29, 1.82) is 0 Å². The number of aliphatic hydroxyl groups excluding tert-OH is 4. The van der Waals surface area contributed by atoms with E-state index >= 15 is 0 Å². The van der Waals surface area contributed by atoms with Gasteiger partial charge in [0.2, 0.25) is 24.5 Å². The Kier molecular flexibility index (Phi) is 10.1. The van der Waals surface area contributed by atoms with Crippen LogP contribution in [0.1, 0.15) is 12.5 Å². The number of hydrogen-bond donors (Lipinski definition) is 10. The van der Waals surface area contributed by atoms with Gasteiger partial charge in [-0.05, 0) is 0 Å². The molecule has 0 bridgehead atoms. The Balaban J connectivity index is 1.05. The third-order valence-corrected chi connectivity index (χ3v) is 12.7. The van der Waals surface area contributed by atoms with Crippen LogP contribution in [-0.4, -0.2) is 122 Å². The number of aliphatic hydroxyl groups is 4. The van der Waals surface area contributed by atoms with Gasteiger partial charge in [0.05, 0.1) is 26.6 Å². The van der Waals surface area contributed by atoms with Crippen LogP contribution in [-0.2, 0) is 47.9 Å². The first-order valence-electron chi connectivity index (χ1n) is 14.6. The molecule has 52 heavy (non-hydrogen) atoms. The maximum atomic E-state index is 12.9. The van der Waals surface area contributed by atoms with Crippen LogP contribution in [0.25, 0.3) is 22.3 Å². The Hall–Kier alpha value is -3.43. The minimum absolute atomic E-state index is 0.0324. The van der Waals surface area contributed by atoms with Gasteiger partial charge in [0, 0.05) is 0 Å². The Morgan fingerprint density at radius 2 is 1.33 bits per heavy atom. The summed E-state index contributed by atoms with van der Waals surface area (Å²) < 4.78 is 71.3. The van der Waals surface area contributed by atoms with Crippen LogP contribution in [0.5, 0.6) is 0 Å². The molecular weight excluding hydrogens is 768 g/mol. The van der Waals surface area contributed by atoms with Crippen LogP contribution in [0.2, 0.25) is 0 Å². The largest absolute Gasteiger partial charge is 0.478 e. The summed E-state index contributed by atoms with van der Waals surface area (Å²) in [6, 6.07) is 0. The number of rotatable bonds is 12. The predicted octanol–water partition coefficient (Wildman–Crippen LogP) is -4.91. The summed E-state index contributed by atoms with van der Waals surface area (Å²) in [4.78, 5) is 61.1. The van der Waals surface area contributed by atoms with Gasteiger partial charge in [-0.2, -0.15) is 14.5 Å². The van der Waals surface area contributed by atoms with Crippen molar-refractivity contribution in [2.75, 3.05) is 24.7 Å². The van der Waals surface area contributed by atoms with E-state index in [4.69, 9.17) is 30.0 Å². The number of ether oxygens (including phenoxy) is 2. The van der Waals surface area contributed by atoms with E-state index in [1.165, 1.54) is 22.5 Å². The molecule has 3 unspecified atom stereocenters. The van der Waals surface area contributed by atoms with Gasteiger partial charge in [0.1, 0.15) is 36.6 Å². The molecule has 2 aliphatic heterocycles. The molecule has 0 saturated carbocycles. The zero-order valence-electron chi connectivity index (χ0n) is 26.5. The Morgan fingerprint density at radius 1 is 0.846 bits per heavy atom. The van der Waals surface area contributed by atoms with Gasteiger partial charge in [-0.1, -0.05) is 0 Å². The van der Waals surface area contributed by atoms with Gasteiger partial charge < -0.3 is 51.2 Å². The summed E-state index contributed by atoms with van der Waals surface area (Å²) in [7, 11) is -13.9. The lowest BCUT2D eigenvalue weighted by Crippen LogP contribution is -2.34. The van der Waals surface area contributed by atoms with Gasteiger partial charge in [-0.3, -0.25) is 37.7 Å². The number of aryl methyl sites for hydroxylation is 1. The van der Waals surface area contributed by atoms with Crippen LogP contribution < -0.4 is 27.2 Å². The van der Waals surface area contributed by atoms with Gasteiger partial charge in [-0.15, -0.1) is 0 Å². The highest BCUT2D eigenvalue weighted by Crippen LogP contribution is 2.67. The van der Waals surface area contributed by atoms with E-state index in [9.17, 15) is 53.5 Å². The van der Waals surface area contributed by atoms with Crippen molar-refractivity contribution in [3.63, 3.8) is 0 Å². The smallest absolute Gasteiger partial charge is 0.387 e. The molecule has 6 rings (SSSR count). The molecule has 2 fully saturated rings. The molecule has 0 radical (unpaired) electrons. The number of imidazole rings is 2. The van der Waals surface area contributed by atoms with Gasteiger partial charge in [0.15, 0.2) is 17.4 Å². The number of nitrogens with two attached hydrogens (primary N) is 2. The first kappa shape index (κ1) is 38.3. The van der Waals surface area contributed by atoms with E-state index in [0.29, 0.717) is 7.57 Å². The number of aromatic amines is 2. The van der Waals surface area contributed by atoms with Gasteiger partial charge in [0.25, 0.3) is 31.8 Å². The topological polar surface area (TPSA) is 398 Å². The Bertz CT molecular complexity index is 2280. The average Bonchev–Trinajstić information content (AvgIpc) is 3.74. The van der Waals surface area contributed by atoms with E-state index in [1.54, 1.807) is 0 Å². The van der Waals surface area contributed by atoms with Crippen molar-refractivity contribution in [3.8, 4) is 0 Å². The van der Waals surface area contributed by atoms with E-state index < -0.39 is 96.5 Å². The first-order valence-corrected chi connectivity index (χ1v) is 19.6. The number of hydrogen-bond acceptors (Lipinski definition) is 20. The zero-order chi connectivity index (χ0) is 38.1. The molecule has 4 aromatic rings. The monoisotopic (exact) mass is 799 g/mol. The summed E-state index contributed by atoms with van der Waals surface area (Å²) in [5.41, 5.74) is 9.58. The van der Waals surface area contributed by atoms with Crippen molar-refractivity contribution in [3.05, 3.63) is 33.4 Å². The third kappa shape index (κ3) is 7.50. The number of phosphoric ester groups is 2. The molecule has 0 aromatic carbocycles. The summed E-state index contributed by atoms with van der Waals surface area (Å²) in [6.07, 6.45) is -10.5. The maximum absolute atomic E-state index is 12.9. The van der Waals surface area contributed by atoms with E-state index in [0.717, 1.165) is 10.9 Å². The van der Waals surface area contributed by atoms with Gasteiger partial charge in [-0.25, -0.2) is 27.3 Å². The molecule has 27 nitrogen and oxygen atoms in total. The lowest BCUT2D eigenvalue weighted by molar-refractivity contribution is -0.646. The fraction of sp³-hybridized carbons (Fsp3) is 0.524. The second kappa shape index (κ2) is 13.8. The lowest BCUT2D eigenvalue weighted by Gasteiger charge is -2.22. The van der Waals surface area contributed by atoms with Crippen molar-refractivity contribution < 1.29 is 75.6 Å². The SMILES string of the molecule is BP(=O)(OP(=O)(O)OC[C@H]1O[C@@H](n2cnc3c(=O)[nH]c(N)nc32)[C@H](O)[C@@H]1O)OP(=O)(O)OC[C@H]1O[C@@H](n2c[n+](C)c3c(=O)[nH]c(N)nc32)[C@H](O)[C@@H]1O. The number of aromatic nitrogens is 8. The molecule has 2 aliphatic rings. The minimum Gasteiger partial charge on any atom is -0.387 e. The Labute approximate surface area is 288 Å². The van der Waals surface area contributed by atoms with E-state index in [2.05, 4.69) is 33.5 Å². The van der Waals surface area contributed by atoms with Crippen LogP contribution in [0, 0.1) is 0 Å². The van der Waals surface area contributed by atoms with E-state index in [1.807, 2.05) is 0 Å². The fourth-order valence-corrected chi connectivity index (χ4v) is 9.98. The lowest BCUT2D eigenvalue weighted by atomic mass is 10.1. The molecular formula is C21H31BN10O17P3+. The number of H-pyrrole nitrogens is 2. The normalized spacial score (nSPS) is 30.1. The summed E-state index contributed by atoms with van der Waals surface area (Å²) in [5.74, 6) is -0.542.